The predicted molar refractivity (Wildman–Crippen MR) is 85.1 cm³/mol. The zero-order valence-electron chi connectivity index (χ0n) is 12.8. The molecule has 1 rings (SSSR count). The van der Waals surface area contributed by atoms with Crippen molar-refractivity contribution in [2.75, 3.05) is 7.11 Å². The summed E-state index contributed by atoms with van der Waals surface area (Å²) >= 11 is 0. The van der Waals surface area contributed by atoms with E-state index >= 15 is 0 Å². The van der Waals surface area contributed by atoms with Crippen molar-refractivity contribution in [1.82, 2.24) is 0 Å². The highest BCUT2D eigenvalue weighted by molar-refractivity contribution is 5.99. The van der Waals surface area contributed by atoms with E-state index in [1.807, 2.05) is 37.3 Å². The largest absolute Gasteiger partial charge is 0.466 e. The molecule has 4 nitrogen and oxygen atoms in total. The minimum absolute atomic E-state index is 0.164. The Morgan fingerprint density at radius 2 is 1.77 bits per heavy atom. The van der Waals surface area contributed by atoms with Crippen molar-refractivity contribution in [2.24, 2.45) is 0 Å². The molecule has 0 fully saturated rings. The van der Waals surface area contributed by atoms with Gasteiger partial charge < -0.3 is 9.47 Å². The quantitative estimate of drug-likeness (QED) is 0.421. The summed E-state index contributed by atoms with van der Waals surface area (Å²) in [6.45, 7) is 2.37. The summed E-state index contributed by atoms with van der Waals surface area (Å²) in [4.78, 5) is 22.4. The zero-order valence-corrected chi connectivity index (χ0v) is 12.8. The summed E-state index contributed by atoms with van der Waals surface area (Å²) in [6, 6.07) is 9.83. The Balaban J connectivity index is 2.33. The van der Waals surface area contributed by atoms with Crippen LogP contribution in [0.3, 0.4) is 0 Å². The third-order valence-corrected chi connectivity index (χ3v) is 2.69. The number of ketones is 1. The molecule has 0 saturated heterocycles. The number of hydrogen-bond donors (Lipinski definition) is 0. The Kier molecular flexibility index (Phi) is 8.23. The van der Waals surface area contributed by atoms with Crippen molar-refractivity contribution in [1.29, 1.82) is 0 Å². The number of benzene rings is 1. The van der Waals surface area contributed by atoms with Gasteiger partial charge in [-0.25, -0.2) is 4.79 Å². The summed E-state index contributed by atoms with van der Waals surface area (Å²) < 4.78 is 10.0. The average molecular weight is 300 g/mol. The third kappa shape index (κ3) is 7.97. The second-order valence-corrected chi connectivity index (χ2v) is 4.50. The lowest BCUT2D eigenvalue weighted by Crippen LogP contribution is -2.05. The maximum Gasteiger partial charge on any atom is 0.330 e. The highest BCUT2D eigenvalue weighted by atomic mass is 16.5. The first-order valence-corrected chi connectivity index (χ1v) is 6.92. The first-order chi connectivity index (χ1) is 10.6. The lowest BCUT2D eigenvalue weighted by Gasteiger charge is -2.08. The number of methoxy groups -OCH3 is 1. The number of allylic oxidation sites excluding steroid dienone is 4. The molecule has 0 radical (unpaired) electrons. The van der Waals surface area contributed by atoms with Crippen molar-refractivity contribution in [2.45, 2.75) is 19.6 Å². The molecule has 0 aliphatic heterocycles. The molecule has 22 heavy (non-hydrogen) atoms. The topological polar surface area (TPSA) is 52.6 Å². The molecule has 0 aromatic heterocycles. The Labute approximate surface area is 130 Å². The summed E-state index contributed by atoms with van der Waals surface area (Å²) in [7, 11) is 1.29. The van der Waals surface area contributed by atoms with E-state index in [4.69, 9.17) is 4.74 Å². The second-order valence-electron chi connectivity index (χ2n) is 4.50. The van der Waals surface area contributed by atoms with Gasteiger partial charge in [-0.2, -0.15) is 0 Å². The molecule has 116 valence electrons. The Morgan fingerprint density at radius 1 is 1.09 bits per heavy atom. The highest BCUT2D eigenvalue weighted by Crippen LogP contribution is 2.04. The van der Waals surface area contributed by atoms with Crippen molar-refractivity contribution >= 4 is 11.8 Å². The van der Waals surface area contributed by atoms with E-state index in [-0.39, 0.29) is 11.9 Å². The minimum Gasteiger partial charge on any atom is -0.466 e. The first-order valence-electron chi connectivity index (χ1n) is 6.92. The van der Waals surface area contributed by atoms with Crippen molar-refractivity contribution in [3.63, 3.8) is 0 Å². The first kappa shape index (κ1) is 17.6. The second kappa shape index (κ2) is 10.3. The average Bonchev–Trinajstić information content (AvgIpc) is 2.55. The van der Waals surface area contributed by atoms with Gasteiger partial charge in [0.05, 0.1) is 19.8 Å². The standard InChI is InChI=1S/C18H20O4/c1-15(22-14-16-8-4-3-5-9-16)12-13-17(19)10-6-7-11-18(20)21-2/h3-13,15H,14H2,1-2H3/b10-6+,11-7+,13-12+/t15-/m0/s1. The van der Waals surface area contributed by atoms with Gasteiger partial charge in [-0.3, -0.25) is 4.79 Å². The summed E-state index contributed by atoms with van der Waals surface area (Å²) in [5.41, 5.74) is 1.09. The number of ether oxygens (including phenoxy) is 2. The molecule has 0 spiro atoms. The molecule has 1 atom stereocenters. The van der Waals surface area contributed by atoms with E-state index in [2.05, 4.69) is 4.74 Å². The van der Waals surface area contributed by atoms with Crippen LogP contribution >= 0.6 is 0 Å². The number of rotatable bonds is 8. The van der Waals surface area contributed by atoms with Gasteiger partial charge in [-0.05, 0) is 24.6 Å². The van der Waals surface area contributed by atoms with E-state index < -0.39 is 5.97 Å². The predicted octanol–water partition coefficient (Wildman–Crippen LogP) is 3.00. The monoisotopic (exact) mass is 300 g/mol. The molecule has 0 bridgehead atoms. The van der Waals surface area contributed by atoms with Crippen LogP contribution in [0.15, 0.2) is 66.8 Å². The molecule has 1 aromatic rings. The van der Waals surface area contributed by atoms with Gasteiger partial charge in [0.15, 0.2) is 5.78 Å². The number of esters is 1. The normalized spacial score (nSPS) is 13.0. The number of carbonyl (C=O) groups excluding carboxylic acids is 2. The van der Waals surface area contributed by atoms with Gasteiger partial charge in [0, 0.05) is 6.08 Å². The van der Waals surface area contributed by atoms with E-state index in [1.165, 1.54) is 37.5 Å². The van der Waals surface area contributed by atoms with Gasteiger partial charge in [-0.1, -0.05) is 48.6 Å². The van der Waals surface area contributed by atoms with Gasteiger partial charge >= 0.3 is 5.97 Å². The Morgan fingerprint density at radius 3 is 2.45 bits per heavy atom. The van der Waals surface area contributed by atoms with E-state index in [0.717, 1.165) is 5.56 Å². The molecule has 0 aliphatic rings. The van der Waals surface area contributed by atoms with Crippen molar-refractivity contribution in [3.05, 3.63) is 72.4 Å². The van der Waals surface area contributed by atoms with Crippen LogP contribution in [0.25, 0.3) is 0 Å². The van der Waals surface area contributed by atoms with E-state index in [9.17, 15) is 9.59 Å². The number of carbonyl (C=O) groups is 2. The molecule has 0 saturated carbocycles. The molecule has 4 heteroatoms. The van der Waals surface area contributed by atoms with E-state index in [1.54, 1.807) is 6.08 Å². The summed E-state index contributed by atoms with van der Waals surface area (Å²) in [6.07, 6.45) is 8.51. The van der Waals surface area contributed by atoms with Crippen LogP contribution in [0.4, 0.5) is 0 Å². The summed E-state index contributed by atoms with van der Waals surface area (Å²) in [5.74, 6) is -0.639. The summed E-state index contributed by atoms with van der Waals surface area (Å²) in [5, 5.41) is 0. The fraction of sp³-hybridized carbons (Fsp3) is 0.222. The lowest BCUT2D eigenvalue weighted by atomic mass is 10.2. The Bertz CT molecular complexity index is 556. The van der Waals surface area contributed by atoms with Crippen molar-refractivity contribution < 1.29 is 19.1 Å². The van der Waals surface area contributed by atoms with E-state index in [0.29, 0.717) is 6.61 Å². The third-order valence-electron chi connectivity index (χ3n) is 2.69. The Hall–Kier alpha value is -2.46. The zero-order chi connectivity index (χ0) is 16.2. The van der Waals surface area contributed by atoms with Crippen LogP contribution in [0.5, 0.6) is 0 Å². The van der Waals surface area contributed by atoms with Gasteiger partial charge in [0.25, 0.3) is 0 Å². The molecule has 0 N–H and O–H groups in total. The minimum atomic E-state index is -0.462. The molecule has 0 unspecified atom stereocenters. The maximum absolute atomic E-state index is 11.6. The molecular weight excluding hydrogens is 280 g/mol. The fourth-order valence-corrected chi connectivity index (χ4v) is 1.50. The van der Waals surface area contributed by atoms with Crippen LogP contribution in [0.1, 0.15) is 12.5 Å². The van der Waals surface area contributed by atoms with Gasteiger partial charge in [0.1, 0.15) is 0 Å². The van der Waals surface area contributed by atoms with Gasteiger partial charge in [-0.15, -0.1) is 0 Å². The SMILES string of the molecule is COC(=O)/C=C/C=C/C(=O)/C=C/[C@H](C)OCc1ccccc1. The molecule has 0 heterocycles. The van der Waals surface area contributed by atoms with Crippen LogP contribution in [-0.2, 0) is 25.7 Å². The smallest absolute Gasteiger partial charge is 0.330 e. The highest BCUT2D eigenvalue weighted by Gasteiger charge is 1.98. The fourth-order valence-electron chi connectivity index (χ4n) is 1.50. The van der Waals surface area contributed by atoms with Crippen molar-refractivity contribution in [3.8, 4) is 0 Å². The molecule has 0 aliphatic carbocycles. The molecule has 1 aromatic carbocycles. The maximum atomic E-state index is 11.6. The van der Waals surface area contributed by atoms with Crippen LogP contribution in [0.2, 0.25) is 0 Å². The van der Waals surface area contributed by atoms with Crippen LogP contribution in [0, 0.1) is 0 Å². The molecule has 0 amide bonds. The van der Waals surface area contributed by atoms with Crippen LogP contribution in [-0.4, -0.2) is 25.0 Å². The van der Waals surface area contributed by atoms with Gasteiger partial charge in [0.2, 0.25) is 0 Å². The number of hydrogen-bond acceptors (Lipinski definition) is 4. The lowest BCUT2D eigenvalue weighted by molar-refractivity contribution is -0.134. The molecular formula is C18H20O4. The van der Waals surface area contributed by atoms with Crippen LogP contribution < -0.4 is 0 Å².